The minimum Gasteiger partial charge on any atom is -0.208 e. The second-order valence-electron chi connectivity index (χ2n) is 14.3. The highest BCUT2D eigenvalue weighted by atomic mass is 32.1. The first-order valence-electron chi connectivity index (χ1n) is 18.9. The Hall–Kier alpha value is -7.01. The van der Waals surface area contributed by atoms with Gasteiger partial charge in [0.15, 0.2) is 17.5 Å². The van der Waals surface area contributed by atoms with E-state index in [4.69, 9.17) is 15.0 Å². The van der Waals surface area contributed by atoms with Crippen LogP contribution in [-0.2, 0) is 5.41 Å². The van der Waals surface area contributed by atoms with Gasteiger partial charge >= 0.3 is 0 Å². The summed E-state index contributed by atoms with van der Waals surface area (Å²) in [5.74, 6) is 1.98. The Morgan fingerprint density at radius 1 is 0.357 bits per heavy atom. The third kappa shape index (κ3) is 5.00. The van der Waals surface area contributed by atoms with Gasteiger partial charge in [-0.15, -0.1) is 11.3 Å². The van der Waals surface area contributed by atoms with Crippen molar-refractivity contribution in [3.63, 3.8) is 0 Å². The van der Waals surface area contributed by atoms with Crippen LogP contribution in [0.2, 0.25) is 0 Å². The quantitative estimate of drug-likeness (QED) is 0.171. The molecule has 10 aromatic rings. The van der Waals surface area contributed by atoms with Crippen LogP contribution in [0.5, 0.6) is 0 Å². The van der Waals surface area contributed by atoms with E-state index in [1.807, 2.05) is 47.7 Å². The molecule has 1 aliphatic carbocycles. The van der Waals surface area contributed by atoms with Crippen molar-refractivity contribution < 1.29 is 0 Å². The van der Waals surface area contributed by atoms with E-state index in [1.54, 1.807) is 0 Å². The van der Waals surface area contributed by atoms with Gasteiger partial charge in [-0.05, 0) is 62.7 Å². The van der Waals surface area contributed by atoms with Gasteiger partial charge in [0.05, 0.1) is 5.41 Å². The molecule has 1 aliphatic rings. The van der Waals surface area contributed by atoms with Gasteiger partial charge in [0.1, 0.15) is 0 Å². The molecule has 2 heterocycles. The van der Waals surface area contributed by atoms with Gasteiger partial charge in [0.25, 0.3) is 0 Å². The van der Waals surface area contributed by atoms with Crippen LogP contribution in [-0.4, -0.2) is 15.0 Å². The molecule has 56 heavy (non-hydrogen) atoms. The number of rotatable bonds is 6. The first-order valence-corrected chi connectivity index (χ1v) is 19.8. The molecule has 2 aromatic heterocycles. The minimum atomic E-state index is -0.456. The Morgan fingerprint density at radius 3 is 1.54 bits per heavy atom. The molecule has 11 rings (SSSR count). The Labute approximate surface area is 329 Å². The molecule has 3 nitrogen and oxygen atoms in total. The second-order valence-corrected chi connectivity index (χ2v) is 15.4. The molecular weight excluding hydrogens is 699 g/mol. The molecule has 0 unspecified atom stereocenters. The fourth-order valence-corrected chi connectivity index (χ4v) is 9.96. The van der Waals surface area contributed by atoms with Crippen LogP contribution in [0.1, 0.15) is 22.3 Å². The SMILES string of the molecule is c1ccc(-c2nc(-c3ccccc3)nc(-c3cccc4sc5ccc(-c6cccc7c6-c6ccccc6C7(c6ccccc6)c6ccccc6)cc5c34)n2)cc1. The number of hydrogen-bond acceptors (Lipinski definition) is 4. The lowest BCUT2D eigenvalue weighted by Gasteiger charge is -2.34. The Balaban J connectivity index is 1.15. The molecule has 0 atom stereocenters. The summed E-state index contributed by atoms with van der Waals surface area (Å²) >= 11 is 1.81. The summed E-state index contributed by atoms with van der Waals surface area (Å²) in [7, 11) is 0. The summed E-state index contributed by atoms with van der Waals surface area (Å²) in [4.78, 5) is 15.3. The van der Waals surface area contributed by atoms with E-state index in [0.29, 0.717) is 17.5 Å². The van der Waals surface area contributed by atoms with Gasteiger partial charge in [-0.3, -0.25) is 0 Å². The summed E-state index contributed by atoms with van der Waals surface area (Å²) in [6.07, 6.45) is 0. The van der Waals surface area contributed by atoms with Crippen molar-refractivity contribution in [1.82, 2.24) is 15.0 Å². The van der Waals surface area contributed by atoms with Gasteiger partial charge in [-0.2, -0.15) is 0 Å². The zero-order chi connectivity index (χ0) is 37.1. The van der Waals surface area contributed by atoms with Crippen molar-refractivity contribution in [3.8, 4) is 56.4 Å². The zero-order valence-corrected chi connectivity index (χ0v) is 31.1. The van der Waals surface area contributed by atoms with E-state index in [0.717, 1.165) is 22.1 Å². The lowest BCUT2D eigenvalue weighted by atomic mass is 9.67. The number of aromatic nitrogens is 3. The zero-order valence-electron chi connectivity index (χ0n) is 30.3. The molecule has 0 saturated carbocycles. The first-order chi connectivity index (χ1) is 27.8. The fourth-order valence-electron chi connectivity index (χ4n) is 8.84. The van der Waals surface area contributed by atoms with Gasteiger partial charge < -0.3 is 0 Å². The lowest BCUT2D eigenvalue weighted by Crippen LogP contribution is -2.28. The third-order valence-electron chi connectivity index (χ3n) is 11.2. The van der Waals surface area contributed by atoms with Crippen molar-refractivity contribution in [3.05, 3.63) is 222 Å². The number of fused-ring (bicyclic) bond motifs is 6. The van der Waals surface area contributed by atoms with Crippen LogP contribution in [0, 0.1) is 0 Å². The van der Waals surface area contributed by atoms with Gasteiger partial charge in [0.2, 0.25) is 0 Å². The topological polar surface area (TPSA) is 38.7 Å². The Kier molecular flexibility index (Phi) is 7.58. The normalized spacial score (nSPS) is 12.8. The molecule has 0 amide bonds. The highest BCUT2D eigenvalue weighted by molar-refractivity contribution is 7.26. The molecule has 0 radical (unpaired) electrons. The van der Waals surface area contributed by atoms with E-state index in [2.05, 4.69) is 164 Å². The van der Waals surface area contributed by atoms with Crippen LogP contribution in [0.3, 0.4) is 0 Å². The predicted molar refractivity (Wildman–Crippen MR) is 232 cm³/mol. The Bertz CT molecular complexity index is 2970. The standard InChI is InChI=1S/C52H33N3S/c1-5-17-34(18-6-1)49-53-50(35-19-7-2-8-20-35)55-51(54-49)41-27-16-30-46-48(41)42-33-36(31-32-45(42)56-46)39-26-15-29-44-47(39)40-25-13-14-28-43(40)52(44,37-21-9-3-10-22-37)38-23-11-4-12-24-38/h1-33H. The van der Waals surface area contributed by atoms with Gasteiger partial charge in [0, 0.05) is 36.9 Å². The van der Waals surface area contributed by atoms with Crippen molar-refractivity contribution >= 4 is 31.5 Å². The monoisotopic (exact) mass is 731 g/mol. The summed E-state index contributed by atoms with van der Waals surface area (Å²) < 4.78 is 2.43. The molecule has 0 spiro atoms. The predicted octanol–water partition coefficient (Wildman–Crippen LogP) is 13.3. The van der Waals surface area contributed by atoms with Crippen LogP contribution in [0.15, 0.2) is 200 Å². The molecule has 0 saturated heterocycles. The maximum absolute atomic E-state index is 5.14. The van der Waals surface area contributed by atoms with Crippen molar-refractivity contribution in [1.29, 1.82) is 0 Å². The number of benzene rings is 8. The summed E-state index contributed by atoms with van der Waals surface area (Å²) in [6.45, 7) is 0. The van der Waals surface area contributed by atoms with E-state index in [9.17, 15) is 0 Å². The van der Waals surface area contributed by atoms with Crippen LogP contribution in [0.4, 0.5) is 0 Å². The largest absolute Gasteiger partial charge is 0.208 e. The highest BCUT2D eigenvalue weighted by Gasteiger charge is 2.46. The lowest BCUT2D eigenvalue weighted by molar-refractivity contribution is 0.768. The average Bonchev–Trinajstić information content (AvgIpc) is 3.81. The smallest absolute Gasteiger partial charge is 0.164 e. The first kappa shape index (κ1) is 32.4. The molecular formula is C52H33N3S. The maximum atomic E-state index is 5.14. The minimum absolute atomic E-state index is 0.456. The number of nitrogens with zero attached hydrogens (tertiary/aromatic N) is 3. The molecule has 0 aliphatic heterocycles. The second kappa shape index (κ2) is 13.1. The molecule has 0 N–H and O–H groups in total. The molecule has 0 fully saturated rings. The van der Waals surface area contributed by atoms with E-state index in [1.165, 1.54) is 59.3 Å². The summed E-state index contributed by atoms with van der Waals surface area (Å²) in [5, 5.41) is 2.36. The number of hydrogen-bond donors (Lipinski definition) is 0. The van der Waals surface area contributed by atoms with Crippen molar-refractivity contribution in [2.75, 3.05) is 0 Å². The Morgan fingerprint density at radius 2 is 0.875 bits per heavy atom. The third-order valence-corrected chi connectivity index (χ3v) is 12.4. The van der Waals surface area contributed by atoms with E-state index >= 15 is 0 Å². The summed E-state index contributed by atoms with van der Waals surface area (Å²) in [6, 6.07) is 71.7. The van der Waals surface area contributed by atoms with E-state index < -0.39 is 5.41 Å². The van der Waals surface area contributed by atoms with Crippen LogP contribution in [0.25, 0.3) is 76.6 Å². The molecule has 0 bridgehead atoms. The summed E-state index contributed by atoms with van der Waals surface area (Å²) in [5.41, 5.74) is 12.6. The number of thiophene rings is 1. The van der Waals surface area contributed by atoms with Crippen molar-refractivity contribution in [2.45, 2.75) is 5.41 Å². The maximum Gasteiger partial charge on any atom is 0.164 e. The van der Waals surface area contributed by atoms with Crippen molar-refractivity contribution in [2.24, 2.45) is 0 Å². The van der Waals surface area contributed by atoms with Crippen LogP contribution < -0.4 is 0 Å². The molecule has 262 valence electrons. The molecule has 8 aromatic carbocycles. The van der Waals surface area contributed by atoms with Crippen LogP contribution >= 0.6 is 11.3 Å². The van der Waals surface area contributed by atoms with Gasteiger partial charge in [-0.25, -0.2) is 15.0 Å². The van der Waals surface area contributed by atoms with E-state index in [-0.39, 0.29) is 0 Å². The molecule has 4 heteroatoms. The average molecular weight is 732 g/mol. The fraction of sp³-hybridized carbons (Fsp3) is 0.0192. The highest BCUT2D eigenvalue weighted by Crippen LogP contribution is 2.58. The van der Waals surface area contributed by atoms with Gasteiger partial charge in [-0.1, -0.05) is 182 Å².